The number of fused-ring (bicyclic) bond motifs is 1. The summed E-state index contributed by atoms with van der Waals surface area (Å²) in [4.78, 5) is 11.3. The molecule has 106 valence electrons. The average molecular weight is 300 g/mol. The molecule has 0 fully saturated rings. The van der Waals surface area contributed by atoms with Crippen molar-refractivity contribution in [3.63, 3.8) is 0 Å². The summed E-state index contributed by atoms with van der Waals surface area (Å²) in [6.07, 6.45) is 0. The van der Waals surface area contributed by atoms with Gasteiger partial charge in [0.15, 0.2) is 0 Å². The molecule has 0 amide bonds. The minimum absolute atomic E-state index is 0.177. The van der Waals surface area contributed by atoms with Crippen LogP contribution in [0.25, 0.3) is 10.1 Å². The quantitative estimate of drug-likeness (QED) is 0.767. The van der Waals surface area contributed by atoms with E-state index in [9.17, 15) is 15.0 Å². The average Bonchev–Trinajstić information content (AvgIpc) is 2.90. The van der Waals surface area contributed by atoms with Gasteiger partial charge in [-0.3, -0.25) is 0 Å². The summed E-state index contributed by atoms with van der Waals surface area (Å²) in [5.74, 6) is -0.138. The molecule has 3 rings (SSSR count). The van der Waals surface area contributed by atoms with Gasteiger partial charge in [0.2, 0.25) is 0 Å². The number of phenols is 1. The zero-order valence-corrected chi connectivity index (χ0v) is 11.8. The van der Waals surface area contributed by atoms with E-state index in [2.05, 4.69) is 0 Å². The third-order valence-corrected chi connectivity index (χ3v) is 4.13. The number of carboxylic acids is 1. The summed E-state index contributed by atoms with van der Waals surface area (Å²) in [5, 5.41) is 21.2. The number of benzene rings is 2. The largest absolute Gasteiger partial charge is 0.508 e. The van der Waals surface area contributed by atoms with Crippen LogP contribution in [0.2, 0.25) is 0 Å². The number of hydrogen-bond acceptors (Lipinski definition) is 4. The standard InChI is InChI=1S/C16H12O4S/c17-11-4-6-12(7-5-11)20-8-10-9-21-14-3-1-2-13(15(10)14)16(18)19/h1-7,9,17H,8H2,(H,18,19). The fraction of sp³-hybridized carbons (Fsp3) is 0.0625. The molecule has 0 saturated carbocycles. The first kappa shape index (κ1) is 13.5. The van der Waals surface area contributed by atoms with Crippen LogP contribution in [0.5, 0.6) is 11.5 Å². The zero-order chi connectivity index (χ0) is 14.8. The Morgan fingerprint density at radius 2 is 1.90 bits per heavy atom. The molecular formula is C16H12O4S. The molecule has 3 aromatic rings. The molecule has 2 N–H and O–H groups in total. The van der Waals surface area contributed by atoms with Crippen molar-refractivity contribution >= 4 is 27.4 Å². The van der Waals surface area contributed by atoms with Gasteiger partial charge < -0.3 is 14.9 Å². The highest BCUT2D eigenvalue weighted by atomic mass is 32.1. The summed E-state index contributed by atoms with van der Waals surface area (Å²) >= 11 is 1.50. The van der Waals surface area contributed by atoms with Crippen LogP contribution >= 0.6 is 11.3 Å². The lowest BCUT2D eigenvalue weighted by atomic mass is 10.1. The fourth-order valence-electron chi connectivity index (χ4n) is 2.14. The number of thiophene rings is 1. The Bertz CT molecular complexity index is 790. The molecule has 0 aliphatic carbocycles. The van der Waals surface area contributed by atoms with Gasteiger partial charge in [-0.25, -0.2) is 4.79 Å². The van der Waals surface area contributed by atoms with Gasteiger partial charge in [0.1, 0.15) is 18.1 Å². The van der Waals surface area contributed by atoms with E-state index in [-0.39, 0.29) is 17.9 Å². The predicted molar refractivity (Wildman–Crippen MR) is 81.2 cm³/mol. The maximum Gasteiger partial charge on any atom is 0.336 e. The van der Waals surface area contributed by atoms with Crippen LogP contribution in [0, 0.1) is 0 Å². The number of ether oxygens (including phenoxy) is 1. The van der Waals surface area contributed by atoms with Crippen molar-refractivity contribution in [3.8, 4) is 11.5 Å². The number of aromatic carboxylic acids is 1. The van der Waals surface area contributed by atoms with E-state index in [1.165, 1.54) is 11.3 Å². The first-order valence-electron chi connectivity index (χ1n) is 6.29. The molecule has 0 unspecified atom stereocenters. The molecule has 0 saturated heterocycles. The Morgan fingerprint density at radius 3 is 2.62 bits per heavy atom. The zero-order valence-electron chi connectivity index (χ0n) is 10.9. The lowest BCUT2D eigenvalue weighted by Crippen LogP contribution is -2.00. The number of aromatic hydroxyl groups is 1. The molecule has 0 spiro atoms. The van der Waals surface area contributed by atoms with Crippen LogP contribution in [0.1, 0.15) is 15.9 Å². The SMILES string of the molecule is O=C(O)c1cccc2scc(COc3ccc(O)cc3)c12. The van der Waals surface area contributed by atoms with Gasteiger partial charge >= 0.3 is 5.97 Å². The van der Waals surface area contributed by atoms with Crippen molar-refractivity contribution in [2.24, 2.45) is 0 Å². The van der Waals surface area contributed by atoms with Crippen molar-refractivity contribution in [1.82, 2.24) is 0 Å². The molecule has 0 radical (unpaired) electrons. The number of carbonyl (C=O) groups is 1. The van der Waals surface area contributed by atoms with E-state index in [4.69, 9.17) is 4.74 Å². The molecule has 2 aromatic carbocycles. The van der Waals surface area contributed by atoms with Crippen LogP contribution in [-0.2, 0) is 6.61 Å². The summed E-state index contributed by atoms with van der Waals surface area (Å²) in [6.45, 7) is 0.287. The molecule has 1 aromatic heterocycles. The molecule has 1 heterocycles. The van der Waals surface area contributed by atoms with Crippen LogP contribution < -0.4 is 4.74 Å². The lowest BCUT2D eigenvalue weighted by Gasteiger charge is -2.06. The summed E-state index contributed by atoms with van der Waals surface area (Å²) < 4.78 is 6.58. The van der Waals surface area contributed by atoms with E-state index in [1.807, 2.05) is 11.4 Å². The third kappa shape index (κ3) is 2.68. The highest BCUT2D eigenvalue weighted by molar-refractivity contribution is 7.17. The Labute approximate surface area is 124 Å². The molecule has 21 heavy (non-hydrogen) atoms. The number of phenolic OH excluding ortho intramolecular Hbond substituents is 1. The number of carboxylic acid groups (broad SMARTS) is 1. The molecular weight excluding hydrogens is 288 g/mol. The van der Waals surface area contributed by atoms with Crippen LogP contribution in [0.15, 0.2) is 47.8 Å². The van der Waals surface area contributed by atoms with E-state index in [1.54, 1.807) is 36.4 Å². The van der Waals surface area contributed by atoms with E-state index in [0.29, 0.717) is 5.75 Å². The number of hydrogen-bond donors (Lipinski definition) is 2. The van der Waals surface area contributed by atoms with Gasteiger partial charge in [-0.15, -0.1) is 11.3 Å². The van der Waals surface area contributed by atoms with Crippen molar-refractivity contribution in [3.05, 3.63) is 59.0 Å². The van der Waals surface area contributed by atoms with Crippen LogP contribution in [-0.4, -0.2) is 16.2 Å². The second-order valence-electron chi connectivity index (χ2n) is 4.53. The Kier molecular flexibility index (Phi) is 3.50. The minimum atomic E-state index is -0.940. The molecule has 0 aliphatic rings. The van der Waals surface area contributed by atoms with E-state index >= 15 is 0 Å². The summed E-state index contributed by atoms with van der Waals surface area (Å²) in [6, 6.07) is 11.7. The molecule has 0 aliphatic heterocycles. The van der Waals surface area contributed by atoms with E-state index < -0.39 is 5.97 Å². The maximum absolute atomic E-state index is 11.3. The van der Waals surface area contributed by atoms with Gasteiger partial charge in [-0.1, -0.05) is 6.07 Å². The van der Waals surface area contributed by atoms with E-state index in [0.717, 1.165) is 15.6 Å². The number of rotatable bonds is 4. The van der Waals surface area contributed by atoms with Crippen molar-refractivity contribution in [1.29, 1.82) is 0 Å². The van der Waals surface area contributed by atoms with Crippen LogP contribution in [0.3, 0.4) is 0 Å². The highest BCUT2D eigenvalue weighted by Crippen LogP contribution is 2.30. The van der Waals surface area contributed by atoms with Gasteiger partial charge in [0.05, 0.1) is 5.56 Å². The minimum Gasteiger partial charge on any atom is -0.508 e. The second-order valence-corrected chi connectivity index (χ2v) is 5.44. The second kappa shape index (κ2) is 5.46. The lowest BCUT2D eigenvalue weighted by molar-refractivity contribution is 0.0699. The molecule has 0 bridgehead atoms. The van der Waals surface area contributed by atoms with Gasteiger partial charge in [0.25, 0.3) is 0 Å². The van der Waals surface area contributed by atoms with Gasteiger partial charge in [0, 0.05) is 15.6 Å². The third-order valence-electron chi connectivity index (χ3n) is 3.14. The Hall–Kier alpha value is -2.53. The smallest absolute Gasteiger partial charge is 0.336 e. The predicted octanol–water partition coefficient (Wildman–Crippen LogP) is 3.88. The van der Waals surface area contributed by atoms with Crippen molar-refractivity contribution in [2.45, 2.75) is 6.61 Å². The van der Waals surface area contributed by atoms with Crippen molar-refractivity contribution < 1.29 is 19.7 Å². The van der Waals surface area contributed by atoms with Gasteiger partial charge in [-0.2, -0.15) is 0 Å². The summed E-state index contributed by atoms with van der Waals surface area (Å²) in [5.41, 5.74) is 1.14. The highest BCUT2D eigenvalue weighted by Gasteiger charge is 2.14. The first-order valence-corrected chi connectivity index (χ1v) is 7.17. The van der Waals surface area contributed by atoms with Crippen molar-refractivity contribution in [2.75, 3.05) is 0 Å². The van der Waals surface area contributed by atoms with Gasteiger partial charge in [-0.05, 0) is 41.8 Å². The van der Waals surface area contributed by atoms with Crippen LogP contribution in [0.4, 0.5) is 0 Å². The maximum atomic E-state index is 11.3. The Morgan fingerprint density at radius 1 is 1.14 bits per heavy atom. The Balaban J connectivity index is 1.90. The molecule has 5 heteroatoms. The molecule has 0 atom stereocenters. The summed E-state index contributed by atoms with van der Waals surface area (Å²) in [7, 11) is 0. The normalized spacial score (nSPS) is 10.7. The molecule has 4 nitrogen and oxygen atoms in total. The first-order chi connectivity index (χ1) is 10.1. The topological polar surface area (TPSA) is 66.8 Å². The monoisotopic (exact) mass is 300 g/mol. The fourth-order valence-corrected chi connectivity index (χ4v) is 3.11.